The number of nitrogens with zero attached hydrogens (tertiary/aromatic N) is 10. The number of aliphatic hydroxyl groups excluding tert-OH is 1. The largest absolute Gasteiger partial charge is 0.392 e. The summed E-state index contributed by atoms with van der Waals surface area (Å²) in [6.45, 7) is 57.5. The second-order valence-corrected chi connectivity index (χ2v) is 22.4. The Bertz CT molecular complexity index is 985. The molecule has 0 radical (unpaired) electrons. The molecule has 0 amide bonds. The first-order valence-corrected chi connectivity index (χ1v) is 30.1. The first-order chi connectivity index (χ1) is 33.2. The van der Waals surface area contributed by atoms with E-state index < -0.39 is 0 Å². The van der Waals surface area contributed by atoms with E-state index in [0.29, 0.717) is 0 Å². The fraction of sp³-hybridized carbons (Fsp3) is 1.00. The Morgan fingerprint density at radius 1 is 0.324 bits per heavy atom. The van der Waals surface area contributed by atoms with Gasteiger partial charge in [-0.2, -0.15) is 0 Å². The van der Waals surface area contributed by atoms with E-state index in [0.717, 1.165) is 49.9 Å². The summed E-state index contributed by atoms with van der Waals surface area (Å²) in [6, 6.07) is 0.806. The molecule has 11 nitrogen and oxygen atoms in total. The molecule has 8 aliphatic rings. The van der Waals surface area contributed by atoms with Crippen molar-refractivity contribution in [2.24, 2.45) is 17.8 Å². The van der Waals surface area contributed by atoms with Gasteiger partial charge in [0.05, 0.1) is 6.10 Å². The van der Waals surface area contributed by atoms with Crippen LogP contribution in [0.4, 0.5) is 0 Å². The smallest absolute Gasteiger partial charge is 0.0679 e. The summed E-state index contributed by atoms with van der Waals surface area (Å²) in [5, 5.41) is 8.99. The minimum absolute atomic E-state index is 0. The Hall–Kier alpha value is -0.440. The Balaban J connectivity index is -0.000000243. The summed E-state index contributed by atoms with van der Waals surface area (Å²) in [6.07, 6.45) is 17.9. The highest BCUT2D eigenvalue weighted by Crippen LogP contribution is 2.17. The number of aliphatic hydroxyl groups is 1. The quantitative estimate of drug-likeness (QED) is 0.240. The van der Waals surface area contributed by atoms with E-state index in [4.69, 9.17) is 5.11 Å². The molecule has 8 fully saturated rings. The molecule has 8 rings (SSSR count). The van der Waals surface area contributed by atoms with E-state index in [1.54, 1.807) is 0 Å². The Morgan fingerprint density at radius 3 is 0.811 bits per heavy atom. The van der Waals surface area contributed by atoms with E-state index in [1.165, 1.54) is 228 Å². The molecule has 2 atom stereocenters. The fourth-order valence-corrected chi connectivity index (χ4v) is 10.3. The lowest BCUT2D eigenvalue weighted by Crippen LogP contribution is -2.44. The molecule has 0 spiro atoms. The van der Waals surface area contributed by atoms with Crippen molar-refractivity contribution in [1.82, 2.24) is 49.0 Å². The van der Waals surface area contributed by atoms with Crippen LogP contribution >= 0.6 is 0 Å². The van der Waals surface area contributed by atoms with Crippen LogP contribution in [0.3, 0.4) is 0 Å². The average Bonchev–Trinajstić information content (AvgIpc) is 4.20. The van der Waals surface area contributed by atoms with Crippen molar-refractivity contribution < 1.29 is 5.11 Å². The zero-order valence-electron chi connectivity index (χ0n) is 49.4. The number of piperazine rings is 1. The van der Waals surface area contributed by atoms with Crippen molar-refractivity contribution in [2.45, 2.75) is 209 Å². The number of hydrogen-bond donors (Lipinski definition) is 1. The van der Waals surface area contributed by atoms with Crippen molar-refractivity contribution in [2.75, 3.05) is 191 Å². The fourth-order valence-electron chi connectivity index (χ4n) is 10.3. The third-order valence-corrected chi connectivity index (χ3v) is 16.7. The molecule has 454 valence electrons. The molecular weight excluding hydrogens is 913 g/mol. The van der Waals surface area contributed by atoms with Crippen LogP contribution < -0.4 is 0 Å². The molecule has 74 heavy (non-hydrogen) atoms. The van der Waals surface area contributed by atoms with Gasteiger partial charge in [0.1, 0.15) is 0 Å². The van der Waals surface area contributed by atoms with Crippen molar-refractivity contribution in [3.63, 3.8) is 0 Å². The molecule has 0 aromatic rings. The van der Waals surface area contributed by atoms with Crippen LogP contribution in [-0.4, -0.2) is 258 Å². The second-order valence-electron chi connectivity index (χ2n) is 22.4. The maximum absolute atomic E-state index is 8.99. The Labute approximate surface area is 470 Å². The van der Waals surface area contributed by atoms with Gasteiger partial charge in [-0.05, 0) is 240 Å². The summed E-state index contributed by atoms with van der Waals surface area (Å²) in [5.41, 5.74) is 0. The zero-order chi connectivity index (χ0) is 51.2. The maximum atomic E-state index is 8.99. The number of piperidine rings is 4. The van der Waals surface area contributed by atoms with Gasteiger partial charge in [-0.1, -0.05) is 120 Å². The van der Waals surface area contributed by atoms with Gasteiger partial charge in [-0.15, -0.1) is 0 Å². The van der Waals surface area contributed by atoms with E-state index >= 15 is 0 Å². The highest BCUT2D eigenvalue weighted by atomic mass is 16.3. The summed E-state index contributed by atoms with van der Waals surface area (Å²) in [5.74, 6) is 2.94. The van der Waals surface area contributed by atoms with Gasteiger partial charge in [0, 0.05) is 51.9 Å². The van der Waals surface area contributed by atoms with Gasteiger partial charge in [0.25, 0.3) is 0 Å². The minimum atomic E-state index is -0.0463. The number of β-amino-alcohol motifs (C(OH)–C–C–N with tert-alkyl or cyclic N) is 1. The molecular formula is C63H146N10O. The van der Waals surface area contributed by atoms with Crippen LogP contribution in [0, 0.1) is 17.8 Å². The van der Waals surface area contributed by atoms with Crippen molar-refractivity contribution in [1.29, 1.82) is 0 Å². The standard InChI is InChI=1S/C8H18N2.3C8H17N.C7H16N2.C7H15N.C6H13NO.C6H13N.5CH4/c1-4-10-6-5-8(7-10)9(2)3;4*1-3-9-6-4-8(2)5-7-9;1-2-8-6-4-3-5-7-8;1-2-7-4-3-6(8)5-7;1-2-7-5-3-4-6-7;;;;;/h8H,4-7H2,1-3H3;3*8H,3-7H2,1-2H3;3-7H2,1-2H3;2-7H2,1H3;6,8H,2-5H2,1H3;2-6H2,1H3;5*1H4. The predicted octanol–water partition coefficient (Wildman–Crippen LogP) is 12.0. The van der Waals surface area contributed by atoms with Gasteiger partial charge in [-0.3, -0.25) is 0 Å². The molecule has 11 heteroatoms. The minimum Gasteiger partial charge on any atom is -0.392 e. The van der Waals surface area contributed by atoms with E-state index in [-0.39, 0.29) is 43.2 Å². The predicted molar refractivity (Wildman–Crippen MR) is 339 cm³/mol. The van der Waals surface area contributed by atoms with Gasteiger partial charge in [0.2, 0.25) is 0 Å². The summed E-state index contributed by atoms with van der Waals surface area (Å²) in [4.78, 5) is 24.5. The maximum Gasteiger partial charge on any atom is 0.0679 e. The van der Waals surface area contributed by atoms with Crippen LogP contribution in [0.25, 0.3) is 0 Å². The Kier molecular flexibility index (Phi) is 59.3. The average molecular weight is 1060 g/mol. The first kappa shape index (κ1) is 82.4. The van der Waals surface area contributed by atoms with Gasteiger partial charge < -0.3 is 54.1 Å². The normalized spacial score (nSPS) is 24.0. The van der Waals surface area contributed by atoms with Crippen LogP contribution in [0.1, 0.15) is 197 Å². The van der Waals surface area contributed by atoms with Gasteiger partial charge >= 0.3 is 0 Å². The molecule has 0 aliphatic carbocycles. The Morgan fingerprint density at radius 2 is 0.581 bits per heavy atom. The van der Waals surface area contributed by atoms with E-state index in [9.17, 15) is 0 Å². The van der Waals surface area contributed by atoms with Crippen LogP contribution in [0.2, 0.25) is 0 Å². The molecule has 0 saturated carbocycles. The molecule has 8 saturated heterocycles. The zero-order valence-corrected chi connectivity index (χ0v) is 49.4. The van der Waals surface area contributed by atoms with Gasteiger partial charge in [-0.25, -0.2) is 0 Å². The molecule has 8 aliphatic heterocycles. The summed E-state index contributed by atoms with van der Waals surface area (Å²) >= 11 is 0. The molecule has 0 aromatic heterocycles. The van der Waals surface area contributed by atoms with Crippen molar-refractivity contribution in [3.8, 4) is 0 Å². The lowest BCUT2D eigenvalue weighted by molar-refractivity contribution is 0.160. The number of hydrogen-bond acceptors (Lipinski definition) is 11. The van der Waals surface area contributed by atoms with Crippen LogP contribution in [0.15, 0.2) is 0 Å². The van der Waals surface area contributed by atoms with E-state index in [2.05, 4.69) is 146 Å². The lowest BCUT2D eigenvalue weighted by Gasteiger charge is -2.31. The SMILES string of the molecule is C.C.C.C.C.CCN1CCC(C)CC1.CCN1CCC(C)CC1.CCN1CCC(C)CC1.CCN1CCC(N(C)C)C1.CCN1CCC(O)C1.CCN1CCCC1.CCN1CCCCC1.CCN1CCN(C)CC1. The number of likely N-dealkylation sites (N-methyl/N-ethyl adjacent to an activating group) is 5. The number of rotatable bonds is 9. The molecule has 2 unspecified atom stereocenters. The van der Waals surface area contributed by atoms with Gasteiger partial charge in [0.15, 0.2) is 0 Å². The molecule has 0 bridgehead atoms. The topological polar surface area (TPSA) is 52.6 Å². The van der Waals surface area contributed by atoms with Crippen LogP contribution in [0.5, 0.6) is 0 Å². The molecule has 8 heterocycles. The highest BCUT2D eigenvalue weighted by Gasteiger charge is 2.22. The monoisotopic (exact) mass is 1060 g/mol. The first-order valence-electron chi connectivity index (χ1n) is 30.1. The third-order valence-electron chi connectivity index (χ3n) is 16.7. The van der Waals surface area contributed by atoms with Crippen LogP contribution in [-0.2, 0) is 0 Å². The number of likely N-dealkylation sites (tertiary alicyclic amines) is 7. The van der Waals surface area contributed by atoms with Crippen molar-refractivity contribution >= 4 is 0 Å². The third kappa shape index (κ3) is 41.6. The van der Waals surface area contributed by atoms with Crippen molar-refractivity contribution in [3.05, 3.63) is 0 Å². The molecule has 1 N–H and O–H groups in total. The lowest BCUT2D eigenvalue weighted by atomic mass is 9.99. The summed E-state index contributed by atoms with van der Waals surface area (Å²) in [7, 11) is 6.53. The van der Waals surface area contributed by atoms with E-state index in [1.807, 2.05) is 0 Å². The molecule has 0 aromatic carbocycles. The summed E-state index contributed by atoms with van der Waals surface area (Å²) < 4.78 is 0. The second kappa shape index (κ2) is 53.2. The highest BCUT2D eigenvalue weighted by molar-refractivity contribution is 4.79.